The van der Waals surface area contributed by atoms with Crippen LogP contribution in [0.3, 0.4) is 0 Å². The molecule has 0 spiro atoms. The summed E-state index contributed by atoms with van der Waals surface area (Å²) in [5, 5.41) is 2.66. The molecule has 0 aromatic heterocycles. The molecule has 1 atom stereocenters. The number of anilines is 1. The number of amides is 3. The molecule has 8 heteroatoms. The van der Waals surface area contributed by atoms with Gasteiger partial charge < -0.3 is 19.9 Å². The lowest BCUT2D eigenvalue weighted by atomic mass is 10.1. The zero-order chi connectivity index (χ0) is 22.4. The molecule has 0 radical (unpaired) electrons. The van der Waals surface area contributed by atoms with E-state index in [1.165, 1.54) is 0 Å². The number of esters is 1. The summed E-state index contributed by atoms with van der Waals surface area (Å²) < 4.78 is 5.15. The summed E-state index contributed by atoms with van der Waals surface area (Å²) in [5.41, 5.74) is 1.06. The third kappa shape index (κ3) is 5.62. The second kappa shape index (κ2) is 10.4. The van der Waals surface area contributed by atoms with Crippen LogP contribution in [0.4, 0.5) is 5.69 Å². The van der Waals surface area contributed by atoms with Crippen LogP contribution in [0, 0.1) is 5.92 Å². The Morgan fingerprint density at radius 2 is 1.74 bits per heavy atom. The van der Waals surface area contributed by atoms with Crippen LogP contribution in [0.1, 0.15) is 56.3 Å². The molecular formula is C23H31N3O5. The van der Waals surface area contributed by atoms with Crippen LogP contribution in [0.2, 0.25) is 0 Å². The normalized spacial score (nSPS) is 18.8. The molecule has 3 amide bonds. The molecule has 1 aromatic carbocycles. The van der Waals surface area contributed by atoms with Gasteiger partial charge in [0.2, 0.25) is 5.91 Å². The minimum Gasteiger partial charge on any atom is -0.455 e. The Balaban J connectivity index is 1.45. The molecule has 1 saturated heterocycles. The largest absolute Gasteiger partial charge is 0.455 e. The first-order valence-electron chi connectivity index (χ1n) is 11.1. The smallest absolute Gasteiger partial charge is 0.311 e. The van der Waals surface area contributed by atoms with Crippen LogP contribution in [0.5, 0.6) is 0 Å². The fourth-order valence-corrected chi connectivity index (χ4v) is 4.30. The van der Waals surface area contributed by atoms with Crippen LogP contribution >= 0.6 is 0 Å². The molecule has 8 nitrogen and oxygen atoms in total. The summed E-state index contributed by atoms with van der Waals surface area (Å²) >= 11 is 0. The Morgan fingerprint density at radius 1 is 1.10 bits per heavy atom. The molecule has 31 heavy (non-hydrogen) atoms. The maximum Gasteiger partial charge on any atom is 0.311 e. The topological polar surface area (TPSA) is 96.0 Å². The molecule has 1 N–H and O–H groups in total. The average Bonchev–Trinajstić information content (AvgIpc) is 3.43. The summed E-state index contributed by atoms with van der Waals surface area (Å²) in [6, 6.07) is 6.84. The monoisotopic (exact) mass is 429 g/mol. The van der Waals surface area contributed by atoms with Gasteiger partial charge >= 0.3 is 5.97 Å². The van der Waals surface area contributed by atoms with Crippen molar-refractivity contribution >= 4 is 29.4 Å². The summed E-state index contributed by atoms with van der Waals surface area (Å²) in [6.45, 7) is 5.07. The van der Waals surface area contributed by atoms with Crippen molar-refractivity contribution in [1.29, 1.82) is 0 Å². The Morgan fingerprint density at radius 3 is 2.35 bits per heavy atom. The zero-order valence-corrected chi connectivity index (χ0v) is 18.3. The first kappa shape index (κ1) is 22.8. The van der Waals surface area contributed by atoms with Crippen molar-refractivity contribution in [2.24, 2.45) is 5.92 Å². The van der Waals surface area contributed by atoms with E-state index in [-0.39, 0.29) is 24.3 Å². The van der Waals surface area contributed by atoms with E-state index in [0.717, 1.165) is 25.7 Å². The fraction of sp³-hybridized carbons (Fsp3) is 0.565. The van der Waals surface area contributed by atoms with Crippen LogP contribution in [-0.2, 0) is 19.1 Å². The molecule has 168 valence electrons. The molecular weight excluding hydrogens is 398 g/mol. The van der Waals surface area contributed by atoms with Crippen LogP contribution < -0.4 is 5.32 Å². The van der Waals surface area contributed by atoms with Gasteiger partial charge in [-0.15, -0.1) is 0 Å². The number of likely N-dealkylation sites (tertiary alicyclic amines) is 1. The number of nitrogens with zero attached hydrogens (tertiary/aromatic N) is 2. The summed E-state index contributed by atoms with van der Waals surface area (Å²) in [4.78, 5) is 52.5. The minimum absolute atomic E-state index is 0.00218. The summed E-state index contributed by atoms with van der Waals surface area (Å²) in [6.07, 6.45) is 4.38. The van der Waals surface area contributed by atoms with Crippen molar-refractivity contribution in [3.05, 3.63) is 29.8 Å². The third-order valence-electron chi connectivity index (χ3n) is 6.07. The summed E-state index contributed by atoms with van der Waals surface area (Å²) in [7, 11) is 0. The van der Waals surface area contributed by atoms with E-state index in [9.17, 15) is 19.2 Å². The van der Waals surface area contributed by atoms with E-state index < -0.39 is 24.4 Å². The van der Waals surface area contributed by atoms with Gasteiger partial charge in [0, 0.05) is 43.3 Å². The maximum atomic E-state index is 12.3. The lowest BCUT2D eigenvalue weighted by Crippen LogP contribution is -2.35. The third-order valence-corrected chi connectivity index (χ3v) is 6.07. The van der Waals surface area contributed by atoms with E-state index in [0.29, 0.717) is 30.9 Å². The highest BCUT2D eigenvalue weighted by molar-refractivity contribution is 5.96. The van der Waals surface area contributed by atoms with Crippen molar-refractivity contribution in [3.8, 4) is 0 Å². The molecule has 0 bridgehead atoms. The van der Waals surface area contributed by atoms with Crippen molar-refractivity contribution in [2.75, 3.05) is 31.6 Å². The SMILES string of the molecule is CCN(CC)C(=O)c1ccc(NC(=O)COC(=O)[C@H]2CC(=O)N(C3CCCC3)C2)cc1. The number of carbonyl (C=O) groups excluding carboxylic acids is 4. The molecule has 0 unspecified atom stereocenters. The molecule has 3 rings (SSSR count). The van der Waals surface area contributed by atoms with E-state index >= 15 is 0 Å². The van der Waals surface area contributed by atoms with E-state index in [2.05, 4.69) is 5.32 Å². The molecule has 1 heterocycles. The van der Waals surface area contributed by atoms with Gasteiger partial charge in [-0.2, -0.15) is 0 Å². The Bertz CT molecular complexity index is 813. The zero-order valence-electron chi connectivity index (χ0n) is 18.3. The van der Waals surface area contributed by atoms with Gasteiger partial charge in [-0.25, -0.2) is 0 Å². The van der Waals surface area contributed by atoms with Gasteiger partial charge in [0.05, 0.1) is 5.92 Å². The quantitative estimate of drug-likeness (QED) is 0.641. The number of hydrogen-bond donors (Lipinski definition) is 1. The molecule has 1 aliphatic carbocycles. The summed E-state index contributed by atoms with van der Waals surface area (Å²) in [5.74, 6) is -1.55. The van der Waals surface area contributed by atoms with Crippen molar-refractivity contribution < 1.29 is 23.9 Å². The molecule has 1 aliphatic heterocycles. The number of hydrogen-bond acceptors (Lipinski definition) is 5. The minimum atomic E-state index is -0.510. The number of carbonyl (C=O) groups is 4. The second-order valence-corrected chi connectivity index (χ2v) is 8.10. The van der Waals surface area contributed by atoms with Crippen molar-refractivity contribution in [1.82, 2.24) is 9.80 Å². The molecule has 1 aromatic rings. The van der Waals surface area contributed by atoms with Crippen LogP contribution in [0.15, 0.2) is 24.3 Å². The predicted octanol–water partition coefficient (Wildman–Crippen LogP) is 2.44. The highest BCUT2D eigenvalue weighted by Crippen LogP contribution is 2.29. The van der Waals surface area contributed by atoms with E-state index in [1.54, 1.807) is 34.1 Å². The number of rotatable bonds is 8. The van der Waals surface area contributed by atoms with Crippen molar-refractivity contribution in [2.45, 2.75) is 52.0 Å². The number of ether oxygens (including phenoxy) is 1. The fourth-order valence-electron chi connectivity index (χ4n) is 4.30. The van der Waals surface area contributed by atoms with E-state index in [1.807, 2.05) is 13.8 Å². The molecule has 1 saturated carbocycles. The van der Waals surface area contributed by atoms with Gasteiger partial charge in [-0.05, 0) is 51.0 Å². The first-order valence-corrected chi connectivity index (χ1v) is 11.1. The second-order valence-electron chi connectivity index (χ2n) is 8.10. The van der Waals surface area contributed by atoms with Gasteiger partial charge in [-0.3, -0.25) is 19.2 Å². The highest BCUT2D eigenvalue weighted by atomic mass is 16.5. The van der Waals surface area contributed by atoms with Gasteiger partial charge in [0.25, 0.3) is 11.8 Å². The highest BCUT2D eigenvalue weighted by Gasteiger charge is 2.39. The lowest BCUT2D eigenvalue weighted by molar-refractivity contribution is -0.151. The standard InChI is InChI=1S/C23H31N3O5/c1-3-25(4-2)22(29)16-9-11-18(12-10-16)24-20(27)15-31-23(30)17-13-21(28)26(14-17)19-7-5-6-8-19/h9-12,17,19H,3-8,13-15H2,1-2H3,(H,24,27)/t17-/m0/s1. The van der Waals surface area contributed by atoms with Gasteiger partial charge in [-0.1, -0.05) is 12.8 Å². The lowest BCUT2D eigenvalue weighted by Gasteiger charge is -2.23. The average molecular weight is 430 g/mol. The predicted molar refractivity (Wildman–Crippen MR) is 115 cm³/mol. The Kier molecular flexibility index (Phi) is 7.65. The van der Waals surface area contributed by atoms with Gasteiger partial charge in [0.15, 0.2) is 6.61 Å². The van der Waals surface area contributed by atoms with E-state index in [4.69, 9.17) is 4.74 Å². The maximum absolute atomic E-state index is 12.3. The van der Waals surface area contributed by atoms with Crippen LogP contribution in [-0.4, -0.2) is 65.8 Å². The first-order chi connectivity index (χ1) is 14.9. The Labute approximate surface area is 182 Å². The Hall–Kier alpha value is -2.90. The molecule has 2 fully saturated rings. The van der Waals surface area contributed by atoms with Gasteiger partial charge in [0.1, 0.15) is 0 Å². The number of benzene rings is 1. The number of nitrogens with one attached hydrogen (secondary N) is 1. The van der Waals surface area contributed by atoms with Crippen LogP contribution in [0.25, 0.3) is 0 Å². The molecule has 2 aliphatic rings. The van der Waals surface area contributed by atoms with Crippen molar-refractivity contribution in [3.63, 3.8) is 0 Å².